The first-order valence-electron chi connectivity index (χ1n) is 7.59. The Balaban J connectivity index is 1.73. The molecule has 6 heteroatoms. The van der Waals surface area contributed by atoms with Crippen LogP contribution in [0.2, 0.25) is 0 Å². The van der Waals surface area contributed by atoms with Gasteiger partial charge in [-0.1, -0.05) is 18.2 Å². The van der Waals surface area contributed by atoms with Crippen molar-refractivity contribution in [3.05, 3.63) is 30.0 Å². The van der Waals surface area contributed by atoms with Gasteiger partial charge in [0.05, 0.1) is 5.52 Å². The standard InChI is InChI=1S/C16H19N3O3/c20-14(21)8-7-11-4-3-9-19(10-11)16(22)15-12-5-1-2-6-13(12)17-18-15/h1-2,5-6,11H,3-4,7-10H2,(H,17,18)(H,20,21)/t11-/m1/s1. The molecule has 6 nitrogen and oxygen atoms in total. The molecule has 2 N–H and O–H groups in total. The second-order valence-electron chi connectivity index (χ2n) is 5.81. The number of fused-ring (bicyclic) bond motifs is 1. The Bertz CT molecular complexity index is 695. The van der Waals surface area contributed by atoms with E-state index >= 15 is 0 Å². The number of aromatic nitrogens is 2. The third-order valence-electron chi connectivity index (χ3n) is 4.25. The highest BCUT2D eigenvalue weighted by Gasteiger charge is 2.27. The van der Waals surface area contributed by atoms with Crippen LogP contribution in [0, 0.1) is 5.92 Å². The summed E-state index contributed by atoms with van der Waals surface area (Å²) in [4.78, 5) is 25.2. The van der Waals surface area contributed by atoms with Gasteiger partial charge in [-0.2, -0.15) is 5.10 Å². The van der Waals surface area contributed by atoms with Crippen molar-refractivity contribution in [1.82, 2.24) is 15.1 Å². The third kappa shape index (κ3) is 2.95. The molecule has 1 fully saturated rings. The van der Waals surface area contributed by atoms with Crippen LogP contribution in [0.4, 0.5) is 0 Å². The minimum Gasteiger partial charge on any atom is -0.481 e. The van der Waals surface area contributed by atoms with E-state index in [0.717, 1.165) is 23.7 Å². The average molecular weight is 301 g/mol. The van der Waals surface area contributed by atoms with E-state index in [9.17, 15) is 9.59 Å². The Morgan fingerprint density at radius 3 is 3.00 bits per heavy atom. The van der Waals surface area contributed by atoms with Crippen LogP contribution in [0.3, 0.4) is 0 Å². The number of amides is 1. The van der Waals surface area contributed by atoms with E-state index in [0.29, 0.717) is 25.2 Å². The van der Waals surface area contributed by atoms with Gasteiger partial charge in [0.15, 0.2) is 5.69 Å². The number of carbonyl (C=O) groups excluding carboxylic acids is 1. The zero-order chi connectivity index (χ0) is 15.5. The summed E-state index contributed by atoms with van der Waals surface area (Å²) in [6.07, 6.45) is 2.69. The van der Waals surface area contributed by atoms with Gasteiger partial charge in [-0.15, -0.1) is 0 Å². The minimum atomic E-state index is -0.776. The van der Waals surface area contributed by atoms with Gasteiger partial charge >= 0.3 is 5.97 Å². The molecule has 1 atom stereocenters. The number of hydrogen-bond acceptors (Lipinski definition) is 3. The number of carbonyl (C=O) groups is 2. The number of rotatable bonds is 4. The summed E-state index contributed by atoms with van der Waals surface area (Å²) in [5.41, 5.74) is 1.31. The molecule has 3 rings (SSSR count). The lowest BCUT2D eigenvalue weighted by Crippen LogP contribution is -2.40. The van der Waals surface area contributed by atoms with Crippen molar-refractivity contribution in [2.75, 3.05) is 13.1 Å². The molecule has 0 spiro atoms. The van der Waals surface area contributed by atoms with Crippen molar-refractivity contribution < 1.29 is 14.7 Å². The van der Waals surface area contributed by atoms with Crippen LogP contribution >= 0.6 is 0 Å². The summed E-state index contributed by atoms with van der Waals surface area (Å²) in [5.74, 6) is -0.585. The van der Waals surface area contributed by atoms with Crippen molar-refractivity contribution in [1.29, 1.82) is 0 Å². The fraction of sp³-hybridized carbons (Fsp3) is 0.438. The maximum atomic E-state index is 12.7. The van der Waals surface area contributed by atoms with Crippen LogP contribution in [0.5, 0.6) is 0 Å². The zero-order valence-electron chi connectivity index (χ0n) is 12.3. The molecule has 1 aliphatic heterocycles. The lowest BCUT2D eigenvalue weighted by atomic mass is 9.93. The molecule has 2 heterocycles. The van der Waals surface area contributed by atoms with Crippen LogP contribution in [0.25, 0.3) is 10.9 Å². The van der Waals surface area contributed by atoms with Crippen molar-refractivity contribution in [2.45, 2.75) is 25.7 Å². The molecule has 0 radical (unpaired) electrons. The molecule has 1 saturated heterocycles. The Labute approximate surface area is 128 Å². The number of nitrogens with zero attached hydrogens (tertiary/aromatic N) is 2. The Kier molecular flexibility index (Phi) is 4.09. The quantitative estimate of drug-likeness (QED) is 0.907. The molecule has 116 valence electrons. The van der Waals surface area contributed by atoms with Gasteiger partial charge in [-0.25, -0.2) is 0 Å². The summed E-state index contributed by atoms with van der Waals surface area (Å²) in [6, 6.07) is 7.57. The zero-order valence-corrected chi connectivity index (χ0v) is 12.3. The van der Waals surface area contributed by atoms with Crippen molar-refractivity contribution in [3.8, 4) is 0 Å². The molecule has 1 aromatic carbocycles. The van der Waals surface area contributed by atoms with E-state index in [4.69, 9.17) is 5.11 Å². The number of carboxylic acid groups (broad SMARTS) is 1. The largest absolute Gasteiger partial charge is 0.481 e. The topological polar surface area (TPSA) is 86.3 Å². The van der Waals surface area contributed by atoms with Gasteiger partial charge in [-0.05, 0) is 31.2 Å². The van der Waals surface area contributed by atoms with Crippen LogP contribution in [0.15, 0.2) is 24.3 Å². The normalized spacial score (nSPS) is 18.5. The summed E-state index contributed by atoms with van der Waals surface area (Å²) in [7, 11) is 0. The summed E-state index contributed by atoms with van der Waals surface area (Å²) < 4.78 is 0. The van der Waals surface area contributed by atoms with Gasteiger partial charge in [0.1, 0.15) is 0 Å². The van der Waals surface area contributed by atoms with Crippen LogP contribution in [0.1, 0.15) is 36.2 Å². The lowest BCUT2D eigenvalue weighted by molar-refractivity contribution is -0.137. The molecule has 1 aliphatic rings. The predicted molar refractivity (Wildman–Crippen MR) is 81.6 cm³/mol. The Morgan fingerprint density at radius 1 is 1.36 bits per heavy atom. The number of piperidine rings is 1. The van der Waals surface area contributed by atoms with Gasteiger partial charge < -0.3 is 10.0 Å². The van der Waals surface area contributed by atoms with E-state index in [1.165, 1.54) is 0 Å². The van der Waals surface area contributed by atoms with Gasteiger partial charge in [-0.3, -0.25) is 14.7 Å². The molecule has 0 aliphatic carbocycles. The summed E-state index contributed by atoms with van der Waals surface area (Å²) in [6.45, 7) is 1.33. The van der Waals surface area contributed by atoms with E-state index in [1.807, 2.05) is 24.3 Å². The monoisotopic (exact) mass is 301 g/mol. The molecule has 22 heavy (non-hydrogen) atoms. The number of nitrogens with one attached hydrogen (secondary N) is 1. The summed E-state index contributed by atoms with van der Waals surface area (Å²) >= 11 is 0. The highest BCUT2D eigenvalue weighted by Crippen LogP contribution is 2.24. The van der Waals surface area contributed by atoms with Crippen molar-refractivity contribution >= 4 is 22.8 Å². The van der Waals surface area contributed by atoms with E-state index in [-0.39, 0.29) is 18.2 Å². The molecular weight excluding hydrogens is 282 g/mol. The van der Waals surface area contributed by atoms with E-state index in [1.54, 1.807) is 4.90 Å². The average Bonchev–Trinajstić information content (AvgIpc) is 2.96. The number of para-hydroxylation sites is 1. The molecule has 1 amide bonds. The molecule has 1 aromatic heterocycles. The van der Waals surface area contributed by atoms with Crippen molar-refractivity contribution in [3.63, 3.8) is 0 Å². The maximum Gasteiger partial charge on any atom is 0.303 e. The van der Waals surface area contributed by atoms with Gasteiger partial charge in [0, 0.05) is 24.9 Å². The van der Waals surface area contributed by atoms with Gasteiger partial charge in [0.25, 0.3) is 5.91 Å². The van der Waals surface area contributed by atoms with Crippen molar-refractivity contribution in [2.24, 2.45) is 5.92 Å². The highest BCUT2D eigenvalue weighted by atomic mass is 16.4. The van der Waals surface area contributed by atoms with Crippen LogP contribution in [-0.2, 0) is 4.79 Å². The number of carboxylic acids is 1. The number of benzene rings is 1. The fourth-order valence-corrected chi connectivity index (χ4v) is 3.09. The Hall–Kier alpha value is -2.37. The number of aromatic amines is 1. The van der Waals surface area contributed by atoms with Crippen LogP contribution in [-0.4, -0.2) is 45.2 Å². The smallest absolute Gasteiger partial charge is 0.303 e. The third-order valence-corrected chi connectivity index (χ3v) is 4.25. The SMILES string of the molecule is O=C(O)CC[C@H]1CCCN(C(=O)c2n[nH]c3ccccc23)C1. The number of H-pyrrole nitrogens is 1. The second-order valence-corrected chi connectivity index (χ2v) is 5.81. The summed E-state index contributed by atoms with van der Waals surface area (Å²) in [5, 5.41) is 16.7. The predicted octanol–water partition coefficient (Wildman–Crippen LogP) is 2.28. The van der Waals surface area contributed by atoms with Gasteiger partial charge in [0.2, 0.25) is 0 Å². The molecule has 0 saturated carbocycles. The number of aliphatic carboxylic acids is 1. The highest BCUT2D eigenvalue weighted by molar-refractivity contribution is 6.04. The molecule has 0 unspecified atom stereocenters. The first-order valence-corrected chi connectivity index (χ1v) is 7.59. The first kappa shape index (κ1) is 14.6. The van der Waals surface area contributed by atoms with E-state index in [2.05, 4.69) is 10.2 Å². The lowest BCUT2D eigenvalue weighted by Gasteiger charge is -2.32. The van der Waals surface area contributed by atoms with E-state index < -0.39 is 5.97 Å². The molecule has 0 bridgehead atoms. The Morgan fingerprint density at radius 2 is 2.18 bits per heavy atom. The minimum absolute atomic E-state index is 0.0718. The van der Waals surface area contributed by atoms with Crippen LogP contribution < -0.4 is 0 Å². The molecule has 2 aromatic rings. The number of likely N-dealkylation sites (tertiary alicyclic amines) is 1. The first-order chi connectivity index (χ1) is 10.6. The second kappa shape index (κ2) is 6.17. The fourth-order valence-electron chi connectivity index (χ4n) is 3.09. The molecular formula is C16H19N3O3. The maximum absolute atomic E-state index is 12.7. The number of hydrogen-bond donors (Lipinski definition) is 2.